The van der Waals surface area contributed by atoms with Gasteiger partial charge in [0.15, 0.2) is 0 Å². The molecule has 0 fully saturated rings. The van der Waals surface area contributed by atoms with E-state index in [9.17, 15) is 4.79 Å². The number of fused-ring (bicyclic) bond motifs is 1. The summed E-state index contributed by atoms with van der Waals surface area (Å²) in [7, 11) is 0. The molecule has 3 heteroatoms. The molecule has 3 rings (SSSR count). The summed E-state index contributed by atoms with van der Waals surface area (Å²) in [6.45, 7) is 2.23. The second-order valence-electron chi connectivity index (χ2n) is 5.94. The van der Waals surface area contributed by atoms with E-state index in [1.54, 1.807) is 0 Å². The van der Waals surface area contributed by atoms with Crippen molar-refractivity contribution in [1.29, 1.82) is 0 Å². The summed E-state index contributed by atoms with van der Waals surface area (Å²) in [5, 5.41) is 2.85. The van der Waals surface area contributed by atoms with Crippen LogP contribution in [0.4, 0.5) is 11.4 Å². The van der Waals surface area contributed by atoms with Crippen molar-refractivity contribution in [3.8, 4) is 0 Å². The van der Waals surface area contributed by atoms with Gasteiger partial charge in [0.2, 0.25) is 0 Å². The minimum atomic E-state index is -0.130. The van der Waals surface area contributed by atoms with Crippen molar-refractivity contribution >= 4 is 23.0 Å². The van der Waals surface area contributed by atoms with E-state index < -0.39 is 0 Å². The van der Waals surface area contributed by atoms with Crippen LogP contribution < -0.4 is 5.32 Å². The highest BCUT2D eigenvalue weighted by atomic mass is 16.2. The van der Waals surface area contributed by atoms with Gasteiger partial charge < -0.3 is 5.32 Å². The predicted molar refractivity (Wildman–Crippen MR) is 95.6 cm³/mol. The SMILES string of the molecule is CCCCCCc1ccc(N=C2C(=O)Nc3ccccc32)cc1. The van der Waals surface area contributed by atoms with E-state index >= 15 is 0 Å². The van der Waals surface area contributed by atoms with E-state index in [0.29, 0.717) is 5.71 Å². The van der Waals surface area contributed by atoms with E-state index in [-0.39, 0.29) is 5.91 Å². The highest BCUT2D eigenvalue weighted by molar-refractivity contribution is 6.54. The van der Waals surface area contributed by atoms with Crippen LogP contribution in [0.25, 0.3) is 0 Å². The number of nitrogens with zero attached hydrogens (tertiary/aromatic N) is 1. The predicted octanol–water partition coefficient (Wildman–Crippen LogP) is 4.88. The average molecular weight is 306 g/mol. The van der Waals surface area contributed by atoms with E-state index in [4.69, 9.17) is 0 Å². The number of hydrogen-bond donors (Lipinski definition) is 1. The van der Waals surface area contributed by atoms with Gasteiger partial charge in [0.05, 0.1) is 11.4 Å². The lowest BCUT2D eigenvalue weighted by Crippen LogP contribution is -2.13. The summed E-state index contributed by atoms with van der Waals surface area (Å²) in [5.41, 5.74) is 4.37. The molecular formula is C20H22N2O. The number of nitrogens with one attached hydrogen (secondary N) is 1. The summed E-state index contributed by atoms with van der Waals surface area (Å²) < 4.78 is 0. The molecule has 0 atom stereocenters. The van der Waals surface area contributed by atoms with Crippen LogP contribution in [-0.4, -0.2) is 11.6 Å². The zero-order chi connectivity index (χ0) is 16.1. The molecule has 1 heterocycles. The molecule has 0 unspecified atom stereocenters. The van der Waals surface area contributed by atoms with E-state index in [0.717, 1.165) is 23.4 Å². The molecule has 0 saturated carbocycles. The molecule has 0 aromatic heterocycles. The number of hydrogen-bond acceptors (Lipinski definition) is 2. The maximum absolute atomic E-state index is 12.1. The molecule has 1 amide bonds. The van der Waals surface area contributed by atoms with Gasteiger partial charge in [-0.05, 0) is 36.6 Å². The molecule has 1 aliphatic heterocycles. The number of amides is 1. The van der Waals surface area contributed by atoms with Crippen LogP contribution in [0.3, 0.4) is 0 Å². The Bertz CT molecular complexity index is 717. The fourth-order valence-corrected chi connectivity index (χ4v) is 2.84. The van der Waals surface area contributed by atoms with Crippen molar-refractivity contribution in [2.45, 2.75) is 39.0 Å². The zero-order valence-electron chi connectivity index (χ0n) is 13.5. The number of para-hydroxylation sites is 1. The third-order valence-corrected chi connectivity index (χ3v) is 4.14. The summed E-state index contributed by atoms with van der Waals surface area (Å²) >= 11 is 0. The first-order valence-electron chi connectivity index (χ1n) is 8.36. The Morgan fingerprint density at radius 1 is 0.957 bits per heavy atom. The fraction of sp³-hybridized carbons (Fsp3) is 0.300. The Labute approximate surface area is 137 Å². The first-order valence-corrected chi connectivity index (χ1v) is 8.36. The maximum Gasteiger partial charge on any atom is 0.275 e. The van der Waals surface area contributed by atoms with Gasteiger partial charge in [0, 0.05) is 5.56 Å². The number of aliphatic imine (C=N–C) groups is 1. The molecule has 0 bridgehead atoms. The second kappa shape index (κ2) is 7.23. The molecular weight excluding hydrogens is 284 g/mol. The lowest BCUT2D eigenvalue weighted by molar-refractivity contribution is -0.110. The van der Waals surface area contributed by atoms with Gasteiger partial charge in [-0.15, -0.1) is 0 Å². The van der Waals surface area contributed by atoms with E-state index in [2.05, 4.69) is 29.4 Å². The van der Waals surface area contributed by atoms with Gasteiger partial charge in [-0.1, -0.05) is 56.5 Å². The normalized spacial score (nSPS) is 14.8. The quantitative estimate of drug-likeness (QED) is 0.759. The monoisotopic (exact) mass is 306 g/mol. The number of aryl methyl sites for hydroxylation is 1. The molecule has 2 aromatic rings. The second-order valence-corrected chi connectivity index (χ2v) is 5.94. The molecule has 0 aliphatic carbocycles. The molecule has 0 spiro atoms. The number of anilines is 1. The van der Waals surface area contributed by atoms with Crippen LogP contribution in [-0.2, 0) is 11.2 Å². The van der Waals surface area contributed by atoms with Crippen LogP contribution in [0.2, 0.25) is 0 Å². The number of rotatable bonds is 6. The smallest absolute Gasteiger partial charge is 0.275 e. The first-order chi connectivity index (χ1) is 11.3. The molecule has 2 aromatic carbocycles. The summed E-state index contributed by atoms with van der Waals surface area (Å²) in [4.78, 5) is 16.6. The molecule has 23 heavy (non-hydrogen) atoms. The van der Waals surface area contributed by atoms with Crippen LogP contribution >= 0.6 is 0 Å². The molecule has 3 nitrogen and oxygen atoms in total. The highest BCUT2D eigenvalue weighted by Crippen LogP contribution is 2.25. The van der Waals surface area contributed by atoms with E-state index in [1.807, 2.05) is 36.4 Å². The third-order valence-electron chi connectivity index (χ3n) is 4.14. The zero-order valence-corrected chi connectivity index (χ0v) is 13.5. The van der Waals surface area contributed by atoms with Crippen molar-refractivity contribution in [2.24, 2.45) is 4.99 Å². The lowest BCUT2D eigenvalue weighted by atomic mass is 10.1. The fourth-order valence-electron chi connectivity index (χ4n) is 2.84. The largest absolute Gasteiger partial charge is 0.320 e. The molecule has 1 aliphatic rings. The van der Waals surface area contributed by atoms with Gasteiger partial charge in [-0.2, -0.15) is 0 Å². The minimum Gasteiger partial charge on any atom is -0.320 e. The van der Waals surface area contributed by atoms with Gasteiger partial charge in [-0.3, -0.25) is 4.79 Å². The molecule has 0 saturated heterocycles. The lowest BCUT2D eigenvalue weighted by Gasteiger charge is -2.02. The van der Waals surface area contributed by atoms with Gasteiger partial charge >= 0.3 is 0 Å². The maximum atomic E-state index is 12.1. The topological polar surface area (TPSA) is 41.5 Å². The Kier molecular flexibility index (Phi) is 4.86. The number of carbonyl (C=O) groups is 1. The minimum absolute atomic E-state index is 0.130. The van der Waals surface area contributed by atoms with Crippen molar-refractivity contribution in [1.82, 2.24) is 0 Å². The summed E-state index contributed by atoms with van der Waals surface area (Å²) in [5.74, 6) is -0.130. The van der Waals surface area contributed by atoms with Crippen molar-refractivity contribution in [3.63, 3.8) is 0 Å². The van der Waals surface area contributed by atoms with Crippen LogP contribution in [0.1, 0.15) is 43.7 Å². The molecule has 0 radical (unpaired) electrons. The van der Waals surface area contributed by atoms with Crippen molar-refractivity contribution < 1.29 is 4.79 Å². The summed E-state index contributed by atoms with van der Waals surface area (Å²) in [6.07, 6.45) is 6.20. The first kappa shape index (κ1) is 15.5. The number of benzene rings is 2. The van der Waals surface area contributed by atoms with Crippen LogP contribution in [0, 0.1) is 0 Å². The van der Waals surface area contributed by atoms with Crippen LogP contribution in [0.5, 0.6) is 0 Å². The number of carbonyl (C=O) groups excluding carboxylic acids is 1. The Morgan fingerprint density at radius 2 is 1.74 bits per heavy atom. The Hall–Kier alpha value is -2.42. The average Bonchev–Trinajstić information content (AvgIpc) is 2.89. The van der Waals surface area contributed by atoms with Gasteiger partial charge in [-0.25, -0.2) is 4.99 Å². The van der Waals surface area contributed by atoms with Crippen molar-refractivity contribution in [2.75, 3.05) is 5.32 Å². The van der Waals surface area contributed by atoms with Crippen molar-refractivity contribution in [3.05, 3.63) is 59.7 Å². The standard InChI is InChI=1S/C20H22N2O/c1-2-3-4-5-8-15-11-13-16(14-12-15)21-19-17-9-6-7-10-18(17)22-20(19)23/h6-7,9-14H,2-5,8H2,1H3,(H,21,22,23). The van der Waals surface area contributed by atoms with Gasteiger partial charge in [0.1, 0.15) is 5.71 Å². The molecule has 1 N–H and O–H groups in total. The van der Waals surface area contributed by atoms with E-state index in [1.165, 1.54) is 31.2 Å². The Balaban J connectivity index is 1.72. The highest BCUT2D eigenvalue weighted by Gasteiger charge is 2.25. The Morgan fingerprint density at radius 3 is 2.52 bits per heavy atom. The van der Waals surface area contributed by atoms with Gasteiger partial charge in [0.25, 0.3) is 5.91 Å². The molecule has 118 valence electrons. The summed E-state index contributed by atoms with van der Waals surface area (Å²) in [6, 6.07) is 15.9. The van der Waals surface area contributed by atoms with Crippen LogP contribution in [0.15, 0.2) is 53.5 Å². The number of unbranched alkanes of at least 4 members (excludes halogenated alkanes) is 3. The third kappa shape index (κ3) is 3.67.